The van der Waals surface area contributed by atoms with Crippen molar-refractivity contribution in [2.75, 3.05) is 6.54 Å². The summed E-state index contributed by atoms with van der Waals surface area (Å²) in [4.78, 5) is 22.8. The van der Waals surface area contributed by atoms with Gasteiger partial charge >= 0.3 is 7.12 Å². The van der Waals surface area contributed by atoms with Crippen molar-refractivity contribution in [3.63, 3.8) is 0 Å². The van der Waals surface area contributed by atoms with Gasteiger partial charge in [-0.3, -0.25) is 9.59 Å². The maximum atomic E-state index is 11.4. The summed E-state index contributed by atoms with van der Waals surface area (Å²) in [5.41, 5.74) is 5.56. The first-order valence-corrected chi connectivity index (χ1v) is 8.36. The number of rotatable bonds is 5. The largest absolute Gasteiger partial charge is 0.507 e. The summed E-state index contributed by atoms with van der Waals surface area (Å²) >= 11 is 0. The number of nitrogens with one attached hydrogen (secondary N) is 1. The van der Waals surface area contributed by atoms with E-state index >= 15 is 0 Å². The minimum absolute atomic E-state index is 0.0199. The molecule has 0 atom stereocenters. The van der Waals surface area contributed by atoms with E-state index in [9.17, 15) is 14.7 Å². The number of phenols is 1. The van der Waals surface area contributed by atoms with Crippen LogP contribution in [0.3, 0.4) is 0 Å². The van der Waals surface area contributed by atoms with Gasteiger partial charge < -0.3 is 25.5 Å². The average Bonchev–Trinajstić information content (AvgIpc) is 2.72. The molecule has 1 aromatic rings. The molecule has 0 bridgehead atoms. The highest BCUT2D eigenvalue weighted by Crippen LogP contribution is 2.38. The molecule has 0 saturated carbocycles. The first kappa shape index (κ1) is 20.0. The fourth-order valence-electron chi connectivity index (χ4n) is 2.48. The Hall–Kier alpha value is -2.32. The Kier molecular flexibility index (Phi) is 5.48. The number of primary amides is 1. The quantitative estimate of drug-likeness (QED) is 0.692. The molecule has 140 valence electrons. The zero-order chi connectivity index (χ0) is 19.7. The van der Waals surface area contributed by atoms with Gasteiger partial charge in [0.1, 0.15) is 5.75 Å². The summed E-state index contributed by atoms with van der Waals surface area (Å²) in [7, 11) is -0.655. The lowest BCUT2D eigenvalue weighted by molar-refractivity contribution is -0.118. The van der Waals surface area contributed by atoms with Crippen LogP contribution in [0.4, 0.5) is 0 Å². The van der Waals surface area contributed by atoms with Crippen LogP contribution >= 0.6 is 0 Å². The Labute approximate surface area is 153 Å². The fourth-order valence-corrected chi connectivity index (χ4v) is 2.48. The lowest BCUT2D eigenvalue weighted by Crippen LogP contribution is -2.41. The van der Waals surface area contributed by atoms with Crippen LogP contribution in [-0.4, -0.2) is 41.8 Å². The van der Waals surface area contributed by atoms with E-state index in [1.807, 2.05) is 27.7 Å². The standard InChI is InChI=1S/C18H25BN2O5/c1-11(22)21-10-13(19-25-17(2,3)18(4,5)26-19)8-12-6-7-15(23)14(9-12)16(20)24/h6-9,23H,10H2,1-5H3,(H2,20,24)(H,21,22). The summed E-state index contributed by atoms with van der Waals surface area (Å²) in [6, 6.07) is 4.52. The summed E-state index contributed by atoms with van der Waals surface area (Å²) in [5.74, 6) is -1.10. The number of benzene rings is 1. The number of amides is 2. The third kappa shape index (κ3) is 4.26. The summed E-state index contributed by atoms with van der Waals surface area (Å²) in [6.45, 7) is 9.40. The van der Waals surface area contributed by atoms with Crippen molar-refractivity contribution in [2.24, 2.45) is 5.73 Å². The molecular weight excluding hydrogens is 335 g/mol. The van der Waals surface area contributed by atoms with Gasteiger partial charge in [-0.25, -0.2) is 0 Å². The Bertz CT molecular complexity index is 742. The monoisotopic (exact) mass is 360 g/mol. The van der Waals surface area contributed by atoms with E-state index in [-0.39, 0.29) is 23.8 Å². The zero-order valence-electron chi connectivity index (χ0n) is 15.8. The second-order valence-electron chi connectivity index (χ2n) is 7.36. The highest BCUT2D eigenvalue weighted by molar-refractivity contribution is 6.56. The molecule has 1 fully saturated rings. The average molecular weight is 360 g/mol. The van der Waals surface area contributed by atoms with Crippen molar-refractivity contribution in [1.82, 2.24) is 5.32 Å². The predicted octanol–water partition coefficient (Wildman–Crippen LogP) is 1.64. The van der Waals surface area contributed by atoms with Crippen LogP contribution in [0.5, 0.6) is 5.75 Å². The Morgan fingerprint density at radius 3 is 2.31 bits per heavy atom. The number of nitrogens with two attached hydrogens (primary N) is 1. The van der Waals surface area contributed by atoms with Crippen molar-refractivity contribution in [3.8, 4) is 5.75 Å². The Balaban J connectivity index is 2.39. The van der Waals surface area contributed by atoms with Gasteiger partial charge in [-0.15, -0.1) is 0 Å². The van der Waals surface area contributed by atoms with Crippen LogP contribution in [0.25, 0.3) is 6.08 Å². The van der Waals surface area contributed by atoms with Crippen LogP contribution in [0.1, 0.15) is 50.5 Å². The van der Waals surface area contributed by atoms with Crippen LogP contribution in [0, 0.1) is 0 Å². The highest BCUT2D eigenvalue weighted by atomic mass is 16.7. The molecule has 0 spiro atoms. The molecule has 7 nitrogen and oxygen atoms in total. The lowest BCUT2D eigenvalue weighted by Gasteiger charge is -2.32. The van der Waals surface area contributed by atoms with Crippen LogP contribution in [0.2, 0.25) is 0 Å². The smallest absolute Gasteiger partial charge is 0.492 e. The van der Waals surface area contributed by atoms with Gasteiger partial charge in [-0.05, 0) is 50.9 Å². The van der Waals surface area contributed by atoms with Gasteiger partial charge in [0.25, 0.3) is 5.91 Å². The number of hydrogen-bond acceptors (Lipinski definition) is 5. The van der Waals surface area contributed by atoms with Crippen molar-refractivity contribution in [2.45, 2.75) is 45.8 Å². The molecule has 2 rings (SSSR count). The van der Waals surface area contributed by atoms with Gasteiger partial charge in [-0.2, -0.15) is 0 Å². The molecule has 1 heterocycles. The summed E-state index contributed by atoms with van der Waals surface area (Å²) < 4.78 is 12.1. The molecular formula is C18H25BN2O5. The van der Waals surface area contributed by atoms with E-state index < -0.39 is 24.2 Å². The predicted molar refractivity (Wildman–Crippen MR) is 99.4 cm³/mol. The zero-order valence-corrected chi connectivity index (χ0v) is 15.8. The van der Waals surface area contributed by atoms with Gasteiger partial charge in [-0.1, -0.05) is 12.1 Å². The number of carbonyl (C=O) groups is 2. The third-order valence-corrected chi connectivity index (χ3v) is 4.74. The Morgan fingerprint density at radius 2 is 1.81 bits per heavy atom. The van der Waals surface area contributed by atoms with Crippen LogP contribution < -0.4 is 11.1 Å². The van der Waals surface area contributed by atoms with Crippen molar-refractivity contribution < 1.29 is 24.0 Å². The molecule has 26 heavy (non-hydrogen) atoms. The number of aromatic hydroxyl groups is 1. The van der Waals surface area contributed by atoms with Gasteiger partial charge in [0, 0.05) is 13.5 Å². The molecule has 1 aliphatic rings. The number of carbonyl (C=O) groups excluding carboxylic acids is 2. The molecule has 0 aliphatic carbocycles. The number of hydrogen-bond donors (Lipinski definition) is 3. The molecule has 1 aliphatic heterocycles. The van der Waals surface area contributed by atoms with Gasteiger partial charge in [0.05, 0.1) is 16.8 Å². The van der Waals surface area contributed by atoms with Crippen LogP contribution in [-0.2, 0) is 14.1 Å². The minimum atomic E-state index is -0.725. The minimum Gasteiger partial charge on any atom is -0.507 e. The highest BCUT2D eigenvalue weighted by Gasteiger charge is 2.52. The molecule has 0 radical (unpaired) electrons. The molecule has 4 N–H and O–H groups in total. The SMILES string of the molecule is CC(=O)NCC(=Cc1ccc(O)c(C(N)=O)c1)B1OC(C)(C)C(C)(C)O1. The van der Waals surface area contributed by atoms with E-state index in [1.54, 1.807) is 12.1 Å². The molecule has 8 heteroatoms. The molecule has 2 amide bonds. The van der Waals surface area contributed by atoms with E-state index in [0.717, 1.165) is 0 Å². The van der Waals surface area contributed by atoms with Gasteiger partial charge in [0.15, 0.2) is 0 Å². The van der Waals surface area contributed by atoms with Gasteiger partial charge in [0.2, 0.25) is 5.91 Å². The second-order valence-corrected chi connectivity index (χ2v) is 7.36. The Morgan fingerprint density at radius 1 is 1.23 bits per heavy atom. The fraction of sp³-hybridized carbons (Fsp3) is 0.444. The van der Waals surface area contributed by atoms with E-state index in [4.69, 9.17) is 15.0 Å². The summed E-state index contributed by atoms with van der Waals surface area (Å²) in [5, 5.41) is 12.5. The molecule has 1 aromatic carbocycles. The van der Waals surface area contributed by atoms with Crippen LogP contribution in [0.15, 0.2) is 23.7 Å². The topological polar surface area (TPSA) is 111 Å². The maximum absolute atomic E-state index is 11.4. The first-order chi connectivity index (χ1) is 11.9. The molecule has 1 saturated heterocycles. The van der Waals surface area contributed by atoms with E-state index in [1.165, 1.54) is 19.1 Å². The van der Waals surface area contributed by atoms with Crippen molar-refractivity contribution in [1.29, 1.82) is 0 Å². The molecule has 0 unspecified atom stereocenters. The second kappa shape index (κ2) is 7.13. The normalized spacial score (nSPS) is 18.7. The van der Waals surface area contributed by atoms with Crippen molar-refractivity contribution >= 4 is 25.0 Å². The summed E-state index contributed by atoms with van der Waals surface area (Å²) in [6.07, 6.45) is 1.75. The molecule has 0 aromatic heterocycles. The van der Waals surface area contributed by atoms with E-state index in [0.29, 0.717) is 11.0 Å². The maximum Gasteiger partial charge on any atom is 0.492 e. The van der Waals surface area contributed by atoms with E-state index in [2.05, 4.69) is 5.32 Å². The van der Waals surface area contributed by atoms with Crippen molar-refractivity contribution in [3.05, 3.63) is 34.8 Å². The third-order valence-electron chi connectivity index (χ3n) is 4.74. The lowest BCUT2D eigenvalue weighted by atomic mass is 9.77. The first-order valence-electron chi connectivity index (χ1n) is 8.36.